The monoisotopic (exact) mass is 410 g/mol. The summed E-state index contributed by atoms with van der Waals surface area (Å²) in [6, 6.07) is 7.59. The van der Waals surface area contributed by atoms with Crippen LogP contribution in [0.1, 0.15) is 44.9 Å². The molecule has 0 bridgehead atoms. The molecule has 0 aliphatic carbocycles. The molecule has 9 nitrogen and oxygen atoms in total. The van der Waals surface area contributed by atoms with Gasteiger partial charge in [0.05, 0.1) is 5.69 Å². The van der Waals surface area contributed by atoms with Gasteiger partial charge in [0.15, 0.2) is 0 Å². The van der Waals surface area contributed by atoms with Crippen LogP contribution in [0.4, 0.5) is 5.69 Å². The average molecular weight is 410 g/mol. The zero-order chi connectivity index (χ0) is 21.8. The number of aryl methyl sites for hydroxylation is 2. The predicted molar refractivity (Wildman–Crippen MR) is 110 cm³/mol. The molecule has 3 aromatic rings. The molecule has 0 radical (unpaired) electrons. The number of amides is 2. The van der Waals surface area contributed by atoms with Crippen molar-refractivity contribution in [1.29, 1.82) is 0 Å². The summed E-state index contributed by atoms with van der Waals surface area (Å²) in [7, 11) is 0. The molecule has 0 unspecified atom stereocenters. The molecule has 30 heavy (non-hydrogen) atoms. The average Bonchev–Trinajstić information content (AvgIpc) is 3.04. The van der Waals surface area contributed by atoms with E-state index in [9.17, 15) is 19.5 Å². The number of benzene rings is 1. The number of imidazole rings is 1. The molecule has 2 heterocycles. The maximum atomic E-state index is 12.6. The predicted octanol–water partition coefficient (Wildman–Crippen LogP) is 2.50. The third-order valence-electron chi connectivity index (χ3n) is 4.61. The van der Waals surface area contributed by atoms with E-state index in [1.165, 1.54) is 18.2 Å². The van der Waals surface area contributed by atoms with Crippen molar-refractivity contribution in [3.63, 3.8) is 0 Å². The van der Waals surface area contributed by atoms with E-state index in [2.05, 4.69) is 15.6 Å². The van der Waals surface area contributed by atoms with Crippen LogP contribution in [-0.2, 0) is 4.79 Å². The molecule has 0 aliphatic rings. The Balaban J connectivity index is 1.53. The van der Waals surface area contributed by atoms with Gasteiger partial charge in [-0.15, -0.1) is 0 Å². The number of carboxylic acids is 1. The zero-order valence-electron chi connectivity index (χ0n) is 16.6. The Kier molecular flexibility index (Phi) is 6.01. The molecule has 2 amide bonds. The summed E-state index contributed by atoms with van der Waals surface area (Å²) >= 11 is 0. The lowest BCUT2D eigenvalue weighted by molar-refractivity contribution is -0.116. The minimum atomic E-state index is -1.29. The Labute approximate surface area is 172 Å². The van der Waals surface area contributed by atoms with E-state index < -0.39 is 5.97 Å². The summed E-state index contributed by atoms with van der Waals surface area (Å²) in [5.41, 5.74) is 2.77. The second-order valence-corrected chi connectivity index (χ2v) is 6.88. The van der Waals surface area contributed by atoms with Gasteiger partial charge in [0.25, 0.3) is 5.91 Å². The third kappa shape index (κ3) is 4.40. The fourth-order valence-corrected chi connectivity index (χ4v) is 3.13. The number of pyridine rings is 1. The van der Waals surface area contributed by atoms with Gasteiger partial charge in [-0.2, -0.15) is 0 Å². The Morgan fingerprint density at radius 2 is 1.93 bits per heavy atom. The Bertz CT molecular complexity index is 1140. The number of aromatic hydroxyl groups is 1. The van der Waals surface area contributed by atoms with Gasteiger partial charge in [-0.05, 0) is 50.1 Å². The summed E-state index contributed by atoms with van der Waals surface area (Å²) in [5, 5.41) is 23.9. The van der Waals surface area contributed by atoms with Gasteiger partial charge >= 0.3 is 5.97 Å². The summed E-state index contributed by atoms with van der Waals surface area (Å²) in [6.45, 7) is 3.99. The van der Waals surface area contributed by atoms with E-state index in [-0.39, 0.29) is 35.2 Å². The molecule has 9 heteroatoms. The fraction of sp³-hybridized carbons (Fsp3) is 0.238. The van der Waals surface area contributed by atoms with Crippen LogP contribution in [0.15, 0.2) is 36.5 Å². The highest BCUT2D eigenvalue weighted by atomic mass is 16.4. The van der Waals surface area contributed by atoms with Crippen LogP contribution in [-0.4, -0.2) is 43.9 Å². The Morgan fingerprint density at radius 1 is 1.17 bits per heavy atom. The van der Waals surface area contributed by atoms with Gasteiger partial charge in [0, 0.05) is 24.8 Å². The lowest BCUT2D eigenvalue weighted by Crippen LogP contribution is -2.27. The van der Waals surface area contributed by atoms with Crippen LogP contribution < -0.4 is 10.6 Å². The van der Waals surface area contributed by atoms with Crippen molar-refractivity contribution < 1.29 is 24.6 Å². The molecule has 4 N–H and O–H groups in total. The number of aromatic nitrogens is 2. The third-order valence-corrected chi connectivity index (χ3v) is 4.61. The smallest absolute Gasteiger partial charge is 0.339 e. The molecule has 0 fully saturated rings. The minimum Gasteiger partial charge on any atom is -0.507 e. The maximum Gasteiger partial charge on any atom is 0.339 e. The van der Waals surface area contributed by atoms with Crippen molar-refractivity contribution in [1.82, 2.24) is 14.7 Å². The second kappa shape index (κ2) is 8.64. The van der Waals surface area contributed by atoms with E-state index >= 15 is 0 Å². The van der Waals surface area contributed by atoms with E-state index in [4.69, 9.17) is 5.11 Å². The minimum absolute atomic E-state index is 0.134. The number of hydrogen-bond donors (Lipinski definition) is 4. The maximum absolute atomic E-state index is 12.6. The number of carboxylic acid groups (broad SMARTS) is 1. The number of anilines is 1. The highest BCUT2D eigenvalue weighted by Gasteiger charge is 2.17. The number of nitrogens with one attached hydrogen (secondary N) is 2. The lowest BCUT2D eigenvalue weighted by Gasteiger charge is -2.08. The molecule has 0 saturated carbocycles. The quantitative estimate of drug-likeness (QED) is 0.349. The number of carbonyl (C=O) groups excluding carboxylic acids is 2. The van der Waals surface area contributed by atoms with E-state index in [0.29, 0.717) is 24.4 Å². The van der Waals surface area contributed by atoms with Gasteiger partial charge in [-0.3, -0.25) is 14.0 Å². The molecule has 0 aliphatic heterocycles. The Morgan fingerprint density at radius 3 is 2.67 bits per heavy atom. The molecule has 0 saturated heterocycles. The number of carbonyl (C=O) groups is 3. The SMILES string of the molecule is Cc1nc2c(C)cccn2c1C(=O)NCCCC(=O)Nc1ccc(O)c(C(=O)O)c1. The lowest BCUT2D eigenvalue weighted by atomic mass is 10.1. The summed E-state index contributed by atoms with van der Waals surface area (Å²) in [4.78, 5) is 40.1. The van der Waals surface area contributed by atoms with Gasteiger partial charge in [0.1, 0.15) is 22.7 Å². The first kappa shape index (κ1) is 20.8. The first-order valence-electron chi connectivity index (χ1n) is 9.36. The van der Waals surface area contributed by atoms with Crippen LogP contribution in [0.25, 0.3) is 5.65 Å². The van der Waals surface area contributed by atoms with Crippen molar-refractivity contribution in [2.45, 2.75) is 26.7 Å². The van der Waals surface area contributed by atoms with Gasteiger partial charge in [0.2, 0.25) is 5.91 Å². The largest absolute Gasteiger partial charge is 0.507 e. The van der Waals surface area contributed by atoms with Crippen LogP contribution in [0.3, 0.4) is 0 Å². The van der Waals surface area contributed by atoms with E-state index in [1.54, 1.807) is 17.5 Å². The van der Waals surface area contributed by atoms with Gasteiger partial charge in [-0.25, -0.2) is 9.78 Å². The van der Waals surface area contributed by atoms with Gasteiger partial charge < -0.3 is 20.8 Å². The molecule has 156 valence electrons. The van der Waals surface area contributed by atoms with Gasteiger partial charge in [-0.1, -0.05) is 6.07 Å². The standard InChI is InChI=1S/C21H22N4O5/c1-12-5-4-10-25-18(13(2)23-19(12)25)20(28)22-9-3-6-17(27)24-14-7-8-16(26)15(11-14)21(29)30/h4-5,7-8,10-11,26H,3,6,9H2,1-2H3,(H,22,28)(H,24,27)(H,29,30). The normalized spacial score (nSPS) is 10.7. The molecule has 1 aromatic carbocycles. The topological polar surface area (TPSA) is 133 Å². The van der Waals surface area contributed by atoms with Crippen LogP contribution in [0.2, 0.25) is 0 Å². The highest BCUT2D eigenvalue weighted by molar-refractivity contribution is 5.96. The highest BCUT2D eigenvalue weighted by Crippen LogP contribution is 2.21. The van der Waals surface area contributed by atoms with Crippen LogP contribution in [0, 0.1) is 13.8 Å². The molecular weight excluding hydrogens is 388 g/mol. The molecule has 3 rings (SSSR count). The molecule has 0 atom stereocenters. The number of hydrogen-bond acceptors (Lipinski definition) is 5. The zero-order valence-corrected chi connectivity index (χ0v) is 16.6. The number of aromatic carboxylic acids is 1. The first-order valence-corrected chi connectivity index (χ1v) is 9.36. The fourth-order valence-electron chi connectivity index (χ4n) is 3.13. The van der Waals surface area contributed by atoms with Crippen molar-refractivity contribution in [2.24, 2.45) is 0 Å². The molecular formula is C21H22N4O5. The van der Waals surface area contributed by atoms with E-state index in [0.717, 1.165) is 11.2 Å². The number of fused-ring (bicyclic) bond motifs is 1. The first-order chi connectivity index (χ1) is 14.3. The molecule has 0 spiro atoms. The Hall–Kier alpha value is -3.88. The van der Waals surface area contributed by atoms with Crippen molar-refractivity contribution in [3.05, 3.63) is 59.0 Å². The summed E-state index contributed by atoms with van der Waals surface area (Å²) in [5.74, 6) is -2.26. The number of nitrogens with zero attached hydrogens (tertiary/aromatic N) is 2. The van der Waals surface area contributed by atoms with Crippen LogP contribution >= 0.6 is 0 Å². The number of phenols is 1. The van der Waals surface area contributed by atoms with Crippen LogP contribution in [0.5, 0.6) is 5.75 Å². The van der Waals surface area contributed by atoms with E-state index in [1.807, 2.05) is 19.1 Å². The van der Waals surface area contributed by atoms with Crippen molar-refractivity contribution in [2.75, 3.05) is 11.9 Å². The summed E-state index contributed by atoms with van der Waals surface area (Å²) < 4.78 is 1.75. The molecule has 2 aromatic heterocycles. The van der Waals surface area contributed by atoms with Crippen molar-refractivity contribution in [3.8, 4) is 5.75 Å². The second-order valence-electron chi connectivity index (χ2n) is 6.88. The van der Waals surface area contributed by atoms with Crippen molar-refractivity contribution >= 4 is 29.1 Å². The number of rotatable bonds is 7. The summed E-state index contributed by atoms with van der Waals surface area (Å²) in [6.07, 6.45) is 2.32.